The number of unbranched alkanes of at least 4 members (excludes halogenated alkanes) is 37. The van der Waals surface area contributed by atoms with Crippen LogP contribution in [0.15, 0.2) is 60.8 Å². The zero-order valence-corrected chi connectivity index (χ0v) is 48.8. The average Bonchev–Trinajstić information content (AvgIpc) is 3.41. The summed E-state index contributed by atoms with van der Waals surface area (Å²) in [5, 5.41) is 54.7. The molecule has 6 N–H and O–H groups in total. The highest BCUT2D eigenvalue weighted by molar-refractivity contribution is 5.76. The van der Waals surface area contributed by atoms with Gasteiger partial charge in [-0.1, -0.05) is 293 Å². The van der Waals surface area contributed by atoms with E-state index in [1.54, 1.807) is 6.08 Å². The number of aliphatic hydroxyl groups excluding tert-OH is 5. The highest BCUT2D eigenvalue weighted by atomic mass is 16.7. The third-order valence-corrected chi connectivity index (χ3v) is 15.1. The standard InChI is InChI=1S/C66H121NO8/c1-3-5-7-9-11-13-15-17-19-21-23-25-27-29-30-32-33-35-37-39-41-43-45-47-49-51-53-55-60(69)59(58-74-66-65(73)64(72)63(71)61(57-68)75-66)67-62(70)56-54-52-50-48-46-44-42-40-38-36-34-31-28-26-24-22-20-18-16-14-12-10-8-6-4-2/h6,8,12,14,18,20,24,26,53,55,59-61,63-66,68-69,71-73H,3-5,7,9-11,13,15-17,19,21-23,25,27-52,54,56-58H2,1-2H3,(H,67,70)/b8-6-,14-12-,20-18-,26-24-,55-53+. The predicted molar refractivity (Wildman–Crippen MR) is 318 cm³/mol. The lowest BCUT2D eigenvalue weighted by Crippen LogP contribution is -2.60. The Morgan fingerprint density at radius 1 is 0.467 bits per heavy atom. The molecule has 0 bridgehead atoms. The monoisotopic (exact) mass is 1060 g/mol. The Morgan fingerprint density at radius 3 is 1.23 bits per heavy atom. The van der Waals surface area contributed by atoms with Gasteiger partial charge in [0.15, 0.2) is 6.29 Å². The topological polar surface area (TPSA) is 149 Å². The van der Waals surface area contributed by atoms with E-state index in [0.29, 0.717) is 6.42 Å². The number of allylic oxidation sites excluding steroid dienone is 9. The molecule has 0 aromatic heterocycles. The van der Waals surface area contributed by atoms with Gasteiger partial charge in [-0.15, -0.1) is 0 Å². The Balaban J connectivity index is 2.18. The smallest absolute Gasteiger partial charge is 0.220 e. The first-order valence-corrected chi connectivity index (χ1v) is 32.0. The Morgan fingerprint density at radius 2 is 0.827 bits per heavy atom. The minimum Gasteiger partial charge on any atom is -0.394 e. The van der Waals surface area contributed by atoms with Crippen molar-refractivity contribution in [3.05, 3.63) is 60.8 Å². The van der Waals surface area contributed by atoms with Gasteiger partial charge < -0.3 is 40.3 Å². The van der Waals surface area contributed by atoms with E-state index in [4.69, 9.17) is 9.47 Å². The molecule has 438 valence electrons. The molecule has 0 aliphatic carbocycles. The Bertz CT molecular complexity index is 1360. The SMILES string of the molecule is CC/C=C\C/C=C\C/C=C\C/C=C\CCCCCCCCCCCCCCC(=O)NC(COC1OC(CO)C(O)C(O)C1O)C(O)/C=C/CCCCCCCCCCCCCCCCCCCCCCCCCCC. The maximum absolute atomic E-state index is 13.1. The molecule has 1 fully saturated rings. The summed E-state index contributed by atoms with van der Waals surface area (Å²) >= 11 is 0. The zero-order chi connectivity index (χ0) is 54.3. The van der Waals surface area contributed by atoms with E-state index in [0.717, 1.165) is 64.2 Å². The summed E-state index contributed by atoms with van der Waals surface area (Å²) in [5.41, 5.74) is 0. The quantitative estimate of drug-likeness (QED) is 0.0261. The van der Waals surface area contributed by atoms with Crippen molar-refractivity contribution < 1.29 is 39.8 Å². The molecule has 1 amide bonds. The lowest BCUT2D eigenvalue weighted by molar-refractivity contribution is -0.302. The van der Waals surface area contributed by atoms with Crippen LogP contribution in [-0.2, 0) is 14.3 Å². The van der Waals surface area contributed by atoms with Crippen molar-refractivity contribution in [1.82, 2.24) is 5.32 Å². The maximum atomic E-state index is 13.1. The van der Waals surface area contributed by atoms with Crippen molar-refractivity contribution >= 4 is 5.91 Å². The van der Waals surface area contributed by atoms with Gasteiger partial charge in [0.25, 0.3) is 0 Å². The third kappa shape index (κ3) is 44.4. The van der Waals surface area contributed by atoms with Crippen LogP contribution in [0.2, 0.25) is 0 Å². The minimum atomic E-state index is -1.57. The van der Waals surface area contributed by atoms with Crippen LogP contribution in [0.25, 0.3) is 0 Å². The number of aliphatic hydroxyl groups is 5. The fourth-order valence-corrected chi connectivity index (χ4v) is 10.1. The van der Waals surface area contributed by atoms with Crippen molar-refractivity contribution in [1.29, 1.82) is 0 Å². The molecule has 0 aromatic rings. The molecule has 1 aliphatic heterocycles. The fourth-order valence-electron chi connectivity index (χ4n) is 10.1. The number of hydrogen-bond donors (Lipinski definition) is 6. The largest absolute Gasteiger partial charge is 0.394 e. The van der Waals surface area contributed by atoms with Gasteiger partial charge >= 0.3 is 0 Å². The molecular weight excluding hydrogens is 935 g/mol. The van der Waals surface area contributed by atoms with Crippen molar-refractivity contribution in [3.8, 4) is 0 Å². The second-order valence-electron chi connectivity index (χ2n) is 22.2. The molecule has 0 radical (unpaired) electrons. The normalized spacial score (nSPS) is 19.3. The van der Waals surface area contributed by atoms with Gasteiger partial charge in [-0.3, -0.25) is 4.79 Å². The minimum absolute atomic E-state index is 0.177. The van der Waals surface area contributed by atoms with Crippen LogP contribution in [0.4, 0.5) is 0 Å². The van der Waals surface area contributed by atoms with Gasteiger partial charge in [-0.25, -0.2) is 0 Å². The Labute approximate surface area is 462 Å². The van der Waals surface area contributed by atoms with Crippen molar-refractivity contribution in [3.63, 3.8) is 0 Å². The molecule has 1 heterocycles. The molecular formula is C66H121NO8. The number of carbonyl (C=O) groups is 1. The van der Waals surface area contributed by atoms with E-state index < -0.39 is 49.5 Å². The van der Waals surface area contributed by atoms with Gasteiger partial charge in [0.05, 0.1) is 25.4 Å². The third-order valence-electron chi connectivity index (χ3n) is 15.1. The van der Waals surface area contributed by atoms with E-state index in [1.807, 2.05) is 6.08 Å². The van der Waals surface area contributed by atoms with Crippen molar-refractivity contribution in [2.45, 2.75) is 339 Å². The highest BCUT2D eigenvalue weighted by Gasteiger charge is 2.44. The molecule has 1 aliphatic rings. The number of carbonyl (C=O) groups excluding carboxylic acids is 1. The first kappa shape index (κ1) is 70.9. The second-order valence-corrected chi connectivity index (χ2v) is 22.2. The lowest BCUT2D eigenvalue weighted by atomic mass is 9.99. The molecule has 1 rings (SSSR count). The molecule has 7 unspecified atom stereocenters. The van der Waals surface area contributed by atoms with Crippen LogP contribution in [0.5, 0.6) is 0 Å². The van der Waals surface area contributed by atoms with E-state index >= 15 is 0 Å². The van der Waals surface area contributed by atoms with Crippen LogP contribution >= 0.6 is 0 Å². The first-order chi connectivity index (χ1) is 36.8. The Kier molecular flexibility index (Phi) is 52.2. The summed E-state index contributed by atoms with van der Waals surface area (Å²) in [6.07, 6.45) is 68.7. The molecule has 9 heteroatoms. The summed E-state index contributed by atoms with van der Waals surface area (Å²) in [6.45, 7) is 3.70. The summed E-state index contributed by atoms with van der Waals surface area (Å²) in [4.78, 5) is 13.1. The summed E-state index contributed by atoms with van der Waals surface area (Å²) in [5.74, 6) is -0.177. The molecule has 0 saturated carbocycles. The fraction of sp³-hybridized carbons (Fsp3) is 0.833. The van der Waals surface area contributed by atoms with Crippen LogP contribution in [0.1, 0.15) is 296 Å². The average molecular weight is 1060 g/mol. The highest BCUT2D eigenvalue weighted by Crippen LogP contribution is 2.23. The Hall–Kier alpha value is -2.11. The van der Waals surface area contributed by atoms with E-state index in [-0.39, 0.29) is 12.5 Å². The van der Waals surface area contributed by atoms with Gasteiger partial charge in [-0.05, 0) is 57.8 Å². The van der Waals surface area contributed by atoms with Crippen molar-refractivity contribution in [2.24, 2.45) is 0 Å². The van der Waals surface area contributed by atoms with E-state index in [9.17, 15) is 30.3 Å². The van der Waals surface area contributed by atoms with Crippen molar-refractivity contribution in [2.75, 3.05) is 13.2 Å². The summed E-state index contributed by atoms with van der Waals surface area (Å²) in [7, 11) is 0. The zero-order valence-electron chi connectivity index (χ0n) is 48.8. The number of amides is 1. The van der Waals surface area contributed by atoms with E-state index in [1.165, 1.54) is 212 Å². The molecule has 9 nitrogen and oxygen atoms in total. The van der Waals surface area contributed by atoms with Gasteiger partial charge in [-0.2, -0.15) is 0 Å². The van der Waals surface area contributed by atoms with Crippen LogP contribution < -0.4 is 5.32 Å². The maximum Gasteiger partial charge on any atom is 0.220 e. The van der Waals surface area contributed by atoms with E-state index in [2.05, 4.69) is 67.8 Å². The van der Waals surface area contributed by atoms with Gasteiger partial charge in [0, 0.05) is 6.42 Å². The lowest BCUT2D eigenvalue weighted by Gasteiger charge is -2.40. The molecule has 0 aromatic carbocycles. The number of ether oxygens (including phenoxy) is 2. The molecule has 0 spiro atoms. The van der Waals surface area contributed by atoms with Crippen LogP contribution in [0, 0.1) is 0 Å². The molecule has 75 heavy (non-hydrogen) atoms. The van der Waals surface area contributed by atoms with Gasteiger partial charge in [0.2, 0.25) is 5.91 Å². The number of rotatable bonds is 55. The summed E-state index contributed by atoms with van der Waals surface area (Å²) in [6, 6.07) is -0.810. The first-order valence-electron chi connectivity index (χ1n) is 32.0. The summed E-state index contributed by atoms with van der Waals surface area (Å²) < 4.78 is 11.3. The molecule has 1 saturated heterocycles. The van der Waals surface area contributed by atoms with Crippen LogP contribution in [0.3, 0.4) is 0 Å². The second kappa shape index (κ2) is 55.2. The van der Waals surface area contributed by atoms with Crippen LogP contribution in [-0.4, -0.2) is 87.5 Å². The number of hydrogen-bond acceptors (Lipinski definition) is 8. The number of nitrogens with one attached hydrogen (secondary N) is 1. The molecule has 7 atom stereocenters. The van der Waals surface area contributed by atoms with Gasteiger partial charge in [0.1, 0.15) is 24.4 Å². The predicted octanol–water partition coefficient (Wildman–Crippen LogP) is 16.6.